The van der Waals surface area contributed by atoms with Gasteiger partial charge in [0, 0.05) is 30.8 Å². The van der Waals surface area contributed by atoms with Gasteiger partial charge in [-0.25, -0.2) is 4.79 Å². The highest BCUT2D eigenvalue weighted by molar-refractivity contribution is 7.80. The molecule has 0 amide bonds. The van der Waals surface area contributed by atoms with Gasteiger partial charge in [0.2, 0.25) is 0 Å². The highest BCUT2D eigenvalue weighted by Crippen LogP contribution is 2.40. The van der Waals surface area contributed by atoms with Crippen LogP contribution in [0.2, 0.25) is 0 Å². The highest BCUT2D eigenvalue weighted by atomic mass is 32.1. The molecule has 0 unspecified atom stereocenters. The topological polar surface area (TPSA) is 60.0 Å². The lowest BCUT2D eigenvalue weighted by molar-refractivity contribution is -0.180. The molecule has 1 spiro atoms. The van der Waals surface area contributed by atoms with Crippen LogP contribution in [0.3, 0.4) is 0 Å². The van der Waals surface area contributed by atoms with Crippen LogP contribution in [-0.2, 0) is 27.1 Å². The molecule has 3 heterocycles. The van der Waals surface area contributed by atoms with Crippen LogP contribution in [0, 0.1) is 0 Å². The van der Waals surface area contributed by atoms with E-state index < -0.39 is 5.79 Å². The number of hydrogen-bond acceptors (Lipinski definition) is 6. The lowest BCUT2D eigenvalue weighted by atomic mass is 10.0. The Labute approximate surface area is 156 Å². The minimum Gasteiger partial charge on any atom is -0.465 e. The molecule has 1 aromatic heterocycles. The number of fused-ring (bicyclic) bond motifs is 1. The van der Waals surface area contributed by atoms with Crippen molar-refractivity contribution in [1.82, 2.24) is 4.90 Å². The fraction of sp³-hybridized carbons (Fsp3) is 0.647. The maximum atomic E-state index is 12.2. The van der Waals surface area contributed by atoms with Gasteiger partial charge in [-0.05, 0) is 37.0 Å². The molecule has 0 aromatic carbocycles. The lowest BCUT2D eigenvalue weighted by Crippen LogP contribution is -2.48. The van der Waals surface area contributed by atoms with Crippen molar-refractivity contribution in [1.29, 1.82) is 0 Å². The number of rotatable bonds is 2. The fourth-order valence-corrected chi connectivity index (χ4v) is 5.45. The maximum absolute atomic E-state index is 12.2. The first-order chi connectivity index (χ1) is 12.1. The normalized spacial score (nSPS) is 21.4. The van der Waals surface area contributed by atoms with Crippen LogP contribution < -0.4 is 5.32 Å². The van der Waals surface area contributed by atoms with Gasteiger partial charge in [0.25, 0.3) is 0 Å². The predicted molar refractivity (Wildman–Crippen MR) is 99.3 cm³/mol. The molecule has 0 radical (unpaired) electrons. The Kier molecular flexibility index (Phi) is 4.70. The number of carbonyl (C=O) groups is 1. The number of esters is 1. The number of thiophene rings is 1. The van der Waals surface area contributed by atoms with E-state index in [-0.39, 0.29) is 5.97 Å². The molecule has 2 aliphatic heterocycles. The molecule has 2 fully saturated rings. The Bertz CT molecular complexity index is 687. The van der Waals surface area contributed by atoms with Crippen molar-refractivity contribution < 1.29 is 19.0 Å². The first kappa shape index (κ1) is 17.2. The minimum atomic E-state index is -0.409. The first-order valence-electron chi connectivity index (χ1n) is 8.68. The maximum Gasteiger partial charge on any atom is 0.341 e. The van der Waals surface area contributed by atoms with Crippen molar-refractivity contribution in [2.75, 3.05) is 38.7 Å². The minimum absolute atomic E-state index is 0.282. The summed E-state index contributed by atoms with van der Waals surface area (Å²) < 4.78 is 16.5. The molecule has 0 atom stereocenters. The van der Waals surface area contributed by atoms with E-state index in [9.17, 15) is 4.79 Å². The number of thiocarbonyl (C=S) groups is 1. The van der Waals surface area contributed by atoms with Gasteiger partial charge in [-0.2, -0.15) is 0 Å². The van der Waals surface area contributed by atoms with Crippen LogP contribution in [0.15, 0.2) is 0 Å². The average Bonchev–Trinajstić information content (AvgIpc) is 3.31. The van der Waals surface area contributed by atoms with Gasteiger partial charge in [0.15, 0.2) is 10.9 Å². The molecule has 1 aliphatic carbocycles. The number of methoxy groups -OCH3 is 1. The van der Waals surface area contributed by atoms with Gasteiger partial charge >= 0.3 is 5.97 Å². The van der Waals surface area contributed by atoms with Crippen LogP contribution in [0.5, 0.6) is 0 Å². The highest BCUT2D eigenvalue weighted by Gasteiger charge is 2.40. The van der Waals surface area contributed by atoms with E-state index in [4.69, 9.17) is 26.4 Å². The molecule has 1 aromatic rings. The number of aryl methyl sites for hydroxylation is 1. The van der Waals surface area contributed by atoms with Gasteiger partial charge in [-0.1, -0.05) is 0 Å². The quantitative estimate of drug-likeness (QED) is 0.623. The SMILES string of the molecule is COC(=O)c1c(NC(=S)N2CCC3(CC2)OCCO3)sc2c1CCC2. The van der Waals surface area contributed by atoms with Crippen molar-refractivity contribution in [3.8, 4) is 0 Å². The standard InChI is InChI=1S/C17H22N2O4S2/c1-21-15(20)13-11-3-2-4-12(11)25-14(13)18-16(24)19-7-5-17(6-8-19)22-9-10-23-17/h2-10H2,1H3,(H,18,24). The average molecular weight is 383 g/mol. The number of hydrogen-bond donors (Lipinski definition) is 1. The van der Waals surface area contributed by atoms with Gasteiger partial charge in [-0.3, -0.25) is 0 Å². The number of ether oxygens (including phenoxy) is 3. The molecule has 0 saturated carbocycles. The Morgan fingerprint density at radius 1 is 1.28 bits per heavy atom. The second-order valence-electron chi connectivity index (χ2n) is 6.58. The summed E-state index contributed by atoms with van der Waals surface area (Å²) in [5.41, 5.74) is 1.80. The smallest absolute Gasteiger partial charge is 0.341 e. The molecule has 2 saturated heterocycles. The molecule has 136 valence electrons. The Morgan fingerprint density at radius 2 is 2.00 bits per heavy atom. The third-order valence-corrected chi connectivity index (χ3v) is 6.72. The van der Waals surface area contributed by atoms with E-state index in [1.54, 1.807) is 11.3 Å². The molecule has 4 rings (SSSR count). The first-order valence-corrected chi connectivity index (χ1v) is 9.91. The zero-order valence-electron chi connectivity index (χ0n) is 14.3. The number of piperidine rings is 1. The zero-order chi connectivity index (χ0) is 17.4. The number of nitrogens with one attached hydrogen (secondary N) is 1. The number of likely N-dealkylation sites (tertiary alicyclic amines) is 1. The summed E-state index contributed by atoms with van der Waals surface area (Å²) >= 11 is 7.22. The van der Waals surface area contributed by atoms with Crippen LogP contribution in [0.1, 0.15) is 40.1 Å². The molecule has 25 heavy (non-hydrogen) atoms. The third-order valence-electron chi connectivity index (χ3n) is 5.16. The van der Waals surface area contributed by atoms with Crippen LogP contribution in [-0.4, -0.2) is 55.2 Å². The lowest BCUT2D eigenvalue weighted by Gasteiger charge is -2.38. The summed E-state index contributed by atoms with van der Waals surface area (Å²) in [5.74, 6) is -0.692. The van der Waals surface area contributed by atoms with Gasteiger partial charge in [0.1, 0.15) is 5.00 Å². The van der Waals surface area contributed by atoms with E-state index in [1.165, 1.54) is 12.0 Å². The summed E-state index contributed by atoms with van der Waals surface area (Å²) in [6.45, 7) is 2.91. The number of carbonyl (C=O) groups excluding carboxylic acids is 1. The summed E-state index contributed by atoms with van der Waals surface area (Å²) in [4.78, 5) is 15.6. The van der Waals surface area contributed by atoms with Crippen LogP contribution in [0.4, 0.5) is 5.00 Å². The largest absolute Gasteiger partial charge is 0.465 e. The second kappa shape index (κ2) is 6.83. The summed E-state index contributed by atoms with van der Waals surface area (Å²) in [6.07, 6.45) is 4.67. The molecule has 0 bridgehead atoms. The monoisotopic (exact) mass is 382 g/mol. The van der Waals surface area contributed by atoms with E-state index in [1.807, 2.05) is 0 Å². The molecule has 3 aliphatic rings. The Balaban J connectivity index is 1.46. The van der Waals surface area contributed by atoms with E-state index in [0.29, 0.717) is 23.9 Å². The molecule has 6 nitrogen and oxygen atoms in total. The van der Waals surface area contributed by atoms with Crippen LogP contribution in [0.25, 0.3) is 0 Å². The van der Waals surface area contributed by atoms with Crippen molar-refractivity contribution in [3.05, 3.63) is 16.0 Å². The van der Waals surface area contributed by atoms with Crippen molar-refractivity contribution in [3.63, 3.8) is 0 Å². The van der Waals surface area contributed by atoms with E-state index >= 15 is 0 Å². The molecular weight excluding hydrogens is 360 g/mol. The Hall–Kier alpha value is -1.22. The second-order valence-corrected chi connectivity index (χ2v) is 8.07. The van der Waals surface area contributed by atoms with Crippen molar-refractivity contribution in [2.24, 2.45) is 0 Å². The Morgan fingerprint density at radius 3 is 2.68 bits per heavy atom. The number of nitrogens with zero attached hydrogens (tertiary/aromatic N) is 1. The molecule has 1 N–H and O–H groups in total. The van der Waals surface area contributed by atoms with Crippen molar-refractivity contribution >= 4 is 39.6 Å². The fourth-order valence-electron chi connectivity index (χ4n) is 3.82. The van der Waals surface area contributed by atoms with Crippen LogP contribution >= 0.6 is 23.6 Å². The van der Waals surface area contributed by atoms with Gasteiger partial charge < -0.3 is 24.4 Å². The third kappa shape index (κ3) is 3.16. The van der Waals surface area contributed by atoms with Gasteiger partial charge in [0.05, 0.1) is 25.9 Å². The predicted octanol–water partition coefficient (Wildman–Crippen LogP) is 2.56. The zero-order valence-corrected chi connectivity index (χ0v) is 15.9. The van der Waals surface area contributed by atoms with Gasteiger partial charge in [-0.15, -0.1) is 11.3 Å². The number of anilines is 1. The molecular formula is C17H22N2O4S2. The summed E-state index contributed by atoms with van der Waals surface area (Å²) in [6, 6.07) is 0. The van der Waals surface area contributed by atoms with E-state index in [2.05, 4.69) is 10.2 Å². The summed E-state index contributed by atoms with van der Waals surface area (Å²) in [7, 11) is 1.43. The van der Waals surface area contributed by atoms with Crippen molar-refractivity contribution in [2.45, 2.75) is 37.9 Å². The van der Waals surface area contributed by atoms with E-state index in [0.717, 1.165) is 55.8 Å². The summed E-state index contributed by atoms with van der Waals surface area (Å²) in [5, 5.41) is 4.76. The molecule has 8 heteroatoms.